The molecule has 0 fully saturated rings. The van der Waals surface area contributed by atoms with Crippen LogP contribution in [-0.4, -0.2) is 28.1 Å². The molecule has 1 atom stereocenters. The van der Waals surface area contributed by atoms with Crippen molar-refractivity contribution in [2.45, 2.75) is 52.0 Å². The number of carbonyl (C=O) groups is 2. The predicted molar refractivity (Wildman–Crippen MR) is 89.4 cm³/mol. The summed E-state index contributed by atoms with van der Waals surface area (Å²) in [6, 6.07) is 3.60. The van der Waals surface area contributed by atoms with Gasteiger partial charge in [0.2, 0.25) is 5.91 Å². The highest BCUT2D eigenvalue weighted by atomic mass is 16.4. The quantitative estimate of drug-likeness (QED) is 0.522. The zero-order valence-corrected chi connectivity index (χ0v) is 13.7. The fraction of sp³-hybridized carbons (Fsp3) is 0.529. The van der Waals surface area contributed by atoms with E-state index in [1.54, 1.807) is 12.1 Å². The highest BCUT2D eigenvalue weighted by Gasteiger charge is 2.19. The van der Waals surface area contributed by atoms with Crippen LogP contribution in [0.4, 0.5) is 5.69 Å². The Morgan fingerprint density at radius 1 is 1.22 bits per heavy atom. The van der Waals surface area contributed by atoms with E-state index in [9.17, 15) is 14.7 Å². The first kappa shape index (κ1) is 19.0. The molecule has 6 heteroatoms. The van der Waals surface area contributed by atoms with Crippen LogP contribution in [0.25, 0.3) is 0 Å². The molecule has 0 aliphatic rings. The number of nitrogens with one attached hydrogen (secondary N) is 1. The lowest BCUT2D eigenvalue weighted by molar-refractivity contribution is -0.138. The molecule has 0 aromatic heterocycles. The van der Waals surface area contributed by atoms with E-state index in [0.29, 0.717) is 11.3 Å². The fourth-order valence-electron chi connectivity index (χ4n) is 2.49. The Bertz CT molecular complexity index is 539. The highest BCUT2D eigenvalue weighted by Crippen LogP contribution is 2.26. The number of phenols is 1. The van der Waals surface area contributed by atoms with Crippen LogP contribution in [0.1, 0.15) is 45.1 Å². The van der Waals surface area contributed by atoms with Crippen molar-refractivity contribution in [2.24, 2.45) is 11.7 Å². The summed E-state index contributed by atoms with van der Waals surface area (Å²) in [4.78, 5) is 23.2. The lowest BCUT2D eigenvalue weighted by Crippen LogP contribution is -2.32. The number of carboxylic acids is 1. The molecule has 5 N–H and O–H groups in total. The molecule has 0 bridgehead atoms. The van der Waals surface area contributed by atoms with Gasteiger partial charge in [-0.25, -0.2) is 0 Å². The van der Waals surface area contributed by atoms with Crippen LogP contribution in [-0.2, 0) is 16.0 Å². The van der Waals surface area contributed by atoms with E-state index in [4.69, 9.17) is 10.8 Å². The SMILES string of the molecule is CCCC(CCC)C(=O)Nc1cc(CC(N)C(=O)O)ccc1O. The Hall–Kier alpha value is -2.08. The number of phenolic OH excluding ortho intramolecular Hbond substituents is 1. The molecule has 0 spiro atoms. The summed E-state index contributed by atoms with van der Waals surface area (Å²) in [6.07, 6.45) is 3.55. The van der Waals surface area contributed by atoms with Crippen LogP contribution < -0.4 is 11.1 Å². The maximum Gasteiger partial charge on any atom is 0.320 e. The topological polar surface area (TPSA) is 113 Å². The smallest absolute Gasteiger partial charge is 0.320 e. The number of hydrogen-bond acceptors (Lipinski definition) is 4. The van der Waals surface area contributed by atoms with E-state index in [-0.39, 0.29) is 24.0 Å². The first-order valence-corrected chi connectivity index (χ1v) is 8.00. The van der Waals surface area contributed by atoms with Gasteiger partial charge in [-0.2, -0.15) is 0 Å². The van der Waals surface area contributed by atoms with Gasteiger partial charge in [0.1, 0.15) is 11.8 Å². The Morgan fingerprint density at radius 3 is 2.35 bits per heavy atom. The molecule has 1 amide bonds. The van der Waals surface area contributed by atoms with Crippen LogP contribution in [0.2, 0.25) is 0 Å². The Morgan fingerprint density at radius 2 is 1.83 bits per heavy atom. The minimum atomic E-state index is -1.09. The number of aliphatic carboxylic acids is 1. The lowest BCUT2D eigenvalue weighted by atomic mass is 9.97. The molecule has 0 aliphatic heterocycles. The minimum Gasteiger partial charge on any atom is -0.506 e. The third-order valence-corrected chi connectivity index (χ3v) is 3.74. The third-order valence-electron chi connectivity index (χ3n) is 3.74. The number of hydrogen-bond donors (Lipinski definition) is 4. The molecule has 1 rings (SSSR count). The van der Waals surface area contributed by atoms with Gasteiger partial charge in [0.25, 0.3) is 0 Å². The molecule has 128 valence electrons. The first-order valence-electron chi connectivity index (χ1n) is 8.00. The second-order valence-corrected chi connectivity index (χ2v) is 5.76. The first-order chi connectivity index (χ1) is 10.9. The van der Waals surface area contributed by atoms with Crippen LogP contribution in [0.15, 0.2) is 18.2 Å². The number of rotatable bonds is 9. The maximum absolute atomic E-state index is 12.3. The van der Waals surface area contributed by atoms with E-state index in [0.717, 1.165) is 25.7 Å². The van der Waals surface area contributed by atoms with E-state index in [1.807, 2.05) is 13.8 Å². The lowest BCUT2D eigenvalue weighted by Gasteiger charge is -2.17. The van der Waals surface area contributed by atoms with Gasteiger partial charge in [0, 0.05) is 5.92 Å². The molecule has 23 heavy (non-hydrogen) atoms. The molecule has 0 radical (unpaired) electrons. The van der Waals surface area contributed by atoms with E-state index in [1.165, 1.54) is 6.07 Å². The van der Waals surface area contributed by atoms with Crippen molar-refractivity contribution in [1.82, 2.24) is 0 Å². The van der Waals surface area contributed by atoms with Gasteiger partial charge < -0.3 is 21.3 Å². The second-order valence-electron chi connectivity index (χ2n) is 5.76. The number of nitrogens with two attached hydrogens (primary N) is 1. The van der Waals surface area contributed by atoms with Gasteiger partial charge in [-0.1, -0.05) is 32.8 Å². The summed E-state index contributed by atoms with van der Waals surface area (Å²) in [7, 11) is 0. The van der Waals surface area contributed by atoms with Crippen molar-refractivity contribution in [3.8, 4) is 5.75 Å². The molecule has 1 aromatic carbocycles. The van der Waals surface area contributed by atoms with Crippen molar-refractivity contribution >= 4 is 17.6 Å². The summed E-state index contributed by atoms with van der Waals surface area (Å²) in [6.45, 7) is 4.06. The maximum atomic E-state index is 12.3. The summed E-state index contributed by atoms with van der Waals surface area (Å²) < 4.78 is 0. The van der Waals surface area contributed by atoms with Gasteiger partial charge in [-0.3, -0.25) is 9.59 Å². The van der Waals surface area contributed by atoms with Crippen LogP contribution in [0, 0.1) is 5.92 Å². The zero-order valence-electron chi connectivity index (χ0n) is 13.7. The molecule has 0 aliphatic carbocycles. The van der Waals surface area contributed by atoms with Gasteiger partial charge in [0.05, 0.1) is 5.69 Å². The monoisotopic (exact) mass is 322 g/mol. The number of carbonyl (C=O) groups excluding carboxylic acids is 1. The number of benzene rings is 1. The van der Waals surface area contributed by atoms with Crippen molar-refractivity contribution in [1.29, 1.82) is 0 Å². The Balaban J connectivity index is 2.86. The molecule has 1 unspecified atom stereocenters. The number of carboxylic acid groups (broad SMARTS) is 1. The minimum absolute atomic E-state index is 0.0438. The summed E-state index contributed by atoms with van der Waals surface area (Å²) in [5.41, 5.74) is 6.46. The zero-order chi connectivity index (χ0) is 17.4. The molecule has 1 aromatic rings. The third kappa shape index (κ3) is 5.90. The molecule has 0 heterocycles. The van der Waals surface area contributed by atoms with E-state index in [2.05, 4.69) is 5.32 Å². The standard InChI is InChI=1S/C17H26N2O4/c1-3-5-12(6-4-2)16(21)19-14-10-11(7-8-15(14)20)9-13(18)17(22)23/h7-8,10,12-13,20H,3-6,9,18H2,1-2H3,(H,19,21)(H,22,23). The molecular formula is C17H26N2O4. The number of amides is 1. The molecule has 0 saturated carbocycles. The van der Waals surface area contributed by atoms with Crippen LogP contribution in [0.3, 0.4) is 0 Å². The van der Waals surface area contributed by atoms with Gasteiger partial charge in [-0.15, -0.1) is 0 Å². The predicted octanol–water partition coefficient (Wildman–Crippen LogP) is 2.50. The average Bonchev–Trinajstić information content (AvgIpc) is 2.50. The number of aromatic hydroxyl groups is 1. The normalized spacial score (nSPS) is 12.2. The fourth-order valence-corrected chi connectivity index (χ4v) is 2.49. The highest BCUT2D eigenvalue weighted by molar-refractivity contribution is 5.94. The number of anilines is 1. The largest absolute Gasteiger partial charge is 0.506 e. The van der Waals surface area contributed by atoms with E-state index < -0.39 is 12.0 Å². The van der Waals surface area contributed by atoms with Gasteiger partial charge in [-0.05, 0) is 37.0 Å². The molecule has 0 saturated heterocycles. The van der Waals surface area contributed by atoms with Gasteiger partial charge in [0.15, 0.2) is 0 Å². The Labute approximate surface area is 136 Å². The van der Waals surface area contributed by atoms with Crippen LogP contribution in [0.5, 0.6) is 5.75 Å². The second kappa shape index (κ2) is 9.15. The summed E-state index contributed by atoms with van der Waals surface area (Å²) >= 11 is 0. The Kier molecular flexibility index (Phi) is 7.54. The molecule has 6 nitrogen and oxygen atoms in total. The summed E-state index contributed by atoms with van der Waals surface area (Å²) in [5.74, 6) is -1.34. The average molecular weight is 322 g/mol. The van der Waals surface area contributed by atoms with Crippen molar-refractivity contribution in [3.63, 3.8) is 0 Å². The van der Waals surface area contributed by atoms with E-state index >= 15 is 0 Å². The summed E-state index contributed by atoms with van der Waals surface area (Å²) in [5, 5.41) is 21.5. The van der Waals surface area contributed by atoms with Crippen LogP contribution >= 0.6 is 0 Å². The van der Waals surface area contributed by atoms with Crippen molar-refractivity contribution < 1.29 is 19.8 Å². The van der Waals surface area contributed by atoms with Crippen molar-refractivity contribution in [3.05, 3.63) is 23.8 Å². The molecular weight excluding hydrogens is 296 g/mol. The van der Waals surface area contributed by atoms with Crippen molar-refractivity contribution in [2.75, 3.05) is 5.32 Å². The van der Waals surface area contributed by atoms with Gasteiger partial charge >= 0.3 is 5.97 Å².